The average Bonchev–Trinajstić information content (AvgIpc) is 2.59. The van der Waals surface area contributed by atoms with Crippen LogP contribution in [0.4, 0.5) is 0 Å². The maximum absolute atomic E-state index is 5.61. The molecule has 0 unspecified atom stereocenters. The van der Waals surface area contributed by atoms with Crippen LogP contribution in [0.5, 0.6) is 0 Å². The van der Waals surface area contributed by atoms with E-state index in [1.165, 1.54) is 95.6 Å². The fourth-order valence-electron chi connectivity index (χ4n) is 3.42. The van der Waals surface area contributed by atoms with Gasteiger partial charge in [0.1, 0.15) is 12.6 Å². The van der Waals surface area contributed by atoms with Crippen molar-refractivity contribution < 1.29 is 26.2 Å². The molecule has 166 valence electrons. The summed E-state index contributed by atoms with van der Waals surface area (Å²) in [5.74, 6) is 2.44. The Balaban J connectivity index is 0. The van der Waals surface area contributed by atoms with Crippen molar-refractivity contribution in [1.82, 2.24) is 0 Å². The summed E-state index contributed by atoms with van der Waals surface area (Å²) in [7, 11) is 8.58. The van der Waals surface area contributed by atoms with E-state index >= 15 is 0 Å². The van der Waals surface area contributed by atoms with E-state index in [1.807, 2.05) is 7.11 Å². The topological polar surface area (TPSA) is 9.23 Å². The minimum atomic E-state index is 0. The van der Waals surface area contributed by atoms with Crippen molar-refractivity contribution in [3.05, 3.63) is 0 Å². The quantitative estimate of drug-likeness (QED) is 0.198. The SMILES string of the molecule is CCCCCCCCCCCCCCCCSC[C@@H](C[N+](C)(C)C)OC.[Br-]. The molecule has 0 rings (SSSR count). The van der Waals surface area contributed by atoms with Crippen LogP contribution in [0.25, 0.3) is 0 Å². The van der Waals surface area contributed by atoms with Crippen molar-refractivity contribution in [3.63, 3.8) is 0 Å². The minimum Gasteiger partial charge on any atom is -1.00 e. The largest absolute Gasteiger partial charge is 1.00 e. The Morgan fingerprint density at radius 1 is 0.704 bits per heavy atom. The van der Waals surface area contributed by atoms with Crippen LogP contribution in [0.15, 0.2) is 0 Å². The van der Waals surface area contributed by atoms with E-state index in [0.29, 0.717) is 6.10 Å². The molecule has 0 aromatic carbocycles. The number of quaternary nitrogens is 1. The molecule has 0 radical (unpaired) electrons. The van der Waals surface area contributed by atoms with Crippen molar-refractivity contribution >= 4 is 11.8 Å². The van der Waals surface area contributed by atoms with E-state index in [0.717, 1.165) is 16.8 Å². The summed E-state index contributed by atoms with van der Waals surface area (Å²) in [6.07, 6.45) is 20.6. The molecule has 1 atom stereocenters. The first-order chi connectivity index (χ1) is 12.5. The molecule has 0 amide bonds. The zero-order valence-electron chi connectivity index (χ0n) is 19.2. The molecule has 4 heteroatoms. The minimum absolute atomic E-state index is 0. The van der Waals surface area contributed by atoms with E-state index in [2.05, 4.69) is 39.8 Å². The van der Waals surface area contributed by atoms with Crippen molar-refractivity contribution in [2.24, 2.45) is 0 Å². The molecule has 27 heavy (non-hydrogen) atoms. The Morgan fingerprint density at radius 2 is 1.11 bits per heavy atom. The van der Waals surface area contributed by atoms with Crippen molar-refractivity contribution in [2.75, 3.05) is 46.3 Å². The fraction of sp³-hybridized carbons (Fsp3) is 1.00. The van der Waals surface area contributed by atoms with Crippen LogP contribution in [0, 0.1) is 0 Å². The second-order valence-corrected chi connectivity index (χ2v) is 10.2. The normalized spacial score (nSPS) is 12.8. The lowest BCUT2D eigenvalue weighted by atomic mass is 10.0. The Hall–Kier alpha value is 0.750. The summed E-state index contributed by atoms with van der Waals surface area (Å²) in [5.41, 5.74) is 0. The number of hydrogen-bond donors (Lipinski definition) is 0. The number of halogens is 1. The molecule has 0 aromatic heterocycles. The lowest BCUT2D eigenvalue weighted by Gasteiger charge is -2.28. The van der Waals surface area contributed by atoms with Gasteiger partial charge in [0.15, 0.2) is 0 Å². The number of unbranched alkanes of at least 4 members (excludes halogenated alkanes) is 13. The number of hydrogen-bond acceptors (Lipinski definition) is 2. The van der Waals surface area contributed by atoms with Gasteiger partial charge in [-0.25, -0.2) is 0 Å². The summed E-state index contributed by atoms with van der Waals surface area (Å²) in [5, 5.41) is 0. The number of ether oxygens (including phenoxy) is 1. The van der Waals surface area contributed by atoms with Crippen LogP contribution in [0.1, 0.15) is 96.8 Å². The van der Waals surface area contributed by atoms with Gasteiger partial charge in [0, 0.05) is 12.9 Å². The van der Waals surface area contributed by atoms with E-state index in [4.69, 9.17) is 4.74 Å². The number of likely N-dealkylation sites (N-methyl/N-ethyl adjacent to an activating group) is 1. The van der Waals surface area contributed by atoms with Gasteiger partial charge in [0.25, 0.3) is 0 Å². The Kier molecular flexibility index (Phi) is 23.8. The highest BCUT2D eigenvalue weighted by Crippen LogP contribution is 2.15. The van der Waals surface area contributed by atoms with E-state index in [1.54, 1.807) is 0 Å². The lowest BCUT2D eigenvalue weighted by molar-refractivity contribution is -0.873. The third kappa shape index (κ3) is 24.7. The summed E-state index contributed by atoms with van der Waals surface area (Å²) < 4.78 is 6.60. The van der Waals surface area contributed by atoms with Crippen molar-refractivity contribution in [2.45, 2.75) is 103 Å². The van der Waals surface area contributed by atoms with E-state index < -0.39 is 0 Å². The molecule has 0 aliphatic rings. The van der Waals surface area contributed by atoms with Gasteiger partial charge < -0.3 is 26.2 Å². The standard InChI is InChI=1S/C23H50NOS.BrH/c1-6-7-8-9-10-11-12-13-14-15-16-17-18-19-20-26-22-23(25-5)21-24(2,3)4;/h23H,6-22H2,1-5H3;1H/q+1;/p-1/t23-;/m1./s1. The molecule has 0 aromatic rings. The molecule has 0 aliphatic carbocycles. The second kappa shape index (κ2) is 21.5. The summed E-state index contributed by atoms with van der Waals surface area (Å²) in [6.45, 7) is 3.39. The Bertz CT molecular complexity index is 284. The molecule has 0 fully saturated rings. The molecular formula is C23H50BrNOS. The molecule has 0 aliphatic heterocycles. The van der Waals surface area contributed by atoms with Gasteiger partial charge >= 0.3 is 0 Å². The summed E-state index contributed by atoms with van der Waals surface area (Å²) in [4.78, 5) is 0. The molecule has 0 heterocycles. The number of rotatable bonds is 20. The molecular weight excluding hydrogens is 418 g/mol. The zero-order chi connectivity index (χ0) is 19.5. The summed E-state index contributed by atoms with van der Waals surface area (Å²) in [6, 6.07) is 0. The monoisotopic (exact) mass is 467 g/mol. The van der Waals surface area contributed by atoms with Gasteiger partial charge in [-0.3, -0.25) is 0 Å². The number of nitrogens with zero attached hydrogens (tertiary/aromatic N) is 1. The van der Waals surface area contributed by atoms with Gasteiger partial charge in [0.2, 0.25) is 0 Å². The van der Waals surface area contributed by atoms with Gasteiger partial charge in [-0.1, -0.05) is 90.4 Å². The fourth-order valence-corrected chi connectivity index (χ4v) is 4.50. The Labute approximate surface area is 186 Å². The van der Waals surface area contributed by atoms with Crippen LogP contribution in [-0.2, 0) is 4.74 Å². The smallest absolute Gasteiger partial charge is 0.115 e. The van der Waals surface area contributed by atoms with Gasteiger partial charge in [-0.2, -0.15) is 11.8 Å². The average molecular weight is 469 g/mol. The van der Waals surface area contributed by atoms with Crippen LogP contribution in [-0.4, -0.2) is 56.9 Å². The van der Waals surface area contributed by atoms with Crippen LogP contribution < -0.4 is 17.0 Å². The second-order valence-electron chi connectivity index (χ2n) is 9.00. The number of methoxy groups -OCH3 is 1. The zero-order valence-corrected chi connectivity index (χ0v) is 21.6. The summed E-state index contributed by atoms with van der Waals surface area (Å²) >= 11 is 2.08. The highest BCUT2D eigenvalue weighted by atomic mass is 79.9. The predicted molar refractivity (Wildman–Crippen MR) is 121 cm³/mol. The third-order valence-corrected chi connectivity index (χ3v) is 6.22. The van der Waals surface area contributed by atoms with E-state index in [9.17, 15) is 0 Å². The highest BCUT2D eigenvalue weighted by molar-refractivity contribution is 7.99. The molecule has 2 nitrogen and oxygen atoms in total. The molecule has 0 saturated heterocycles. The predicted octanol–water partition coefficient (Wildman–Crippen LogP) is 3.93. The van der Waals surface area contributed by atoms with Crippen molar-refractivity contribution in [3.8, 4) is 0 Å². The van der Waals surface area contributed by atoms with Gasteiger partial charge in [0.05, 0.1) is 21.1 Å². The lowest BCUT2D eigenvalue weighted by Crippen LogP contribution is -3.00. The third-order valence-electron chi connectivity index (χ3n) is 5.03. The maximum Gasteiger partial charge on any atom is 0.115 e. The molecule has 0 bridgehead atoms. The first kappa shape index (κ1) is 29.9. The number of thioether (sulfide) groups is 1. The molecule has 0 saturated carbocycles. The first-order valence-corrected chi connectivity index (χ1v) is 12.6. The van der Waals surface area contributed by atoms with Crippen molar-refractivity contribution in [1.29, 1.82) is 0 Å². The maximum atomic E-state index is 5.61. The van der Waals surface area contributed by atoms with Crippen LogP contribution in [0.2, 0.25) is 0 Å². The first-order valence-electron chi connectivity index (χ1n) is 11.4. The van der Waals surface area contributed by atoms with E-state index in [-0.39, 0.29) is 17.0 Å². The van der Waals surface area contributed by atoms with Crippen LogP contribution >= 0.6 is 11.8 Å². The molecule has 0 N–H and O–H groups in total. The Morgan fingerprint density at radius 3 is 1.48 bits per heavy atom. The van der Waals surface area contributed by atoms with Gasteiger partial charge in [-0.05, 0) is 12.2 Å². The van der Waals surface area contributed by atoms with Gasteiger partial charge in [-0.15, -0.1) is 0 Å². The highest BCUT2D eigenvalue weighted by Gasteiger charge is 2.17. The van der Waals surface area contributed by atoms with Crippen LogP contribution in [0.3, 0.4) is 0 Å². The molecule has 0 spiro atoms.